The first-order chi connectivity index (χ1) is 12.9. The van der Waals surface area contributed by atoms with Crippen LogP contribution in [0, 0.1) is 27.7 Å². The number of hydrogen-bond donors (Lipinski definition) is 0. The van der Waals surface area contributed by atoms with Crippen LogP contribution in [0.25, 0.3) is 10.2 Å². The quantitative estimate of drug-likeness (QED) is 0.658. The highest BCUT2D eigenvalue weighted by Crippen LogP contribution is 2.32. The molecule has 0 saturated carbocycles. The van der Waals surface area contributed by atoms with E-state index < -0.39 is 0 Å². The fourth-order valence-electron chi connectivity index (χ4n) is 3.59. The number of anilines is 1. The van der Waals surface area contributed by atoms with Gasteiger partial charge in [-0.3, -0.25) is 4.79 Å². The Hall–Kier alpha value is -2.40. The van der Waals surface area contributed by atoms with E-state index >= 15 is 0 Å². The van der Waals surface area contributed by atoms with Gasteiger partial charge in [0.15, 0.2) is 5.13 Å². The van der Waals surface area contributed by atoms with Crippen LogP contribution < -0.4 is 4.90 Å². The van der Waals surface area contributed by atoms with Crippen LogP contribution in [0.15, 0.2) is 30.3 Å². The van der Waals surface area contributed by atoms with Crippen molar-refractivity contribution in [3.05, 3.63) is 58.1 Å². The van der Waals surface area contributed by atoms with Crippen LogP contribution in [0.5, 0.6) is 0 Å². The summed E-state index contributed by atoms with van der Waals surface area (Å²) in [6.45, 7) is 11.4. The first kappa shape index (κ1) is 18.0. The van der Waals surface area contributed by atoms with Gasteiger partial charge in [-0.25, -0.2) is 4.98 Å². The first-order valence-electron chi connectivity index (χ1n) is 9.42. The minimum atomic E-state index is 0.145. The number of nitrogens with zero attached hydrogens (tertiary/aromatic N) is 3. The highest BCUT2D eigenvalue weighted by atomic mass is 32.1. The van der Waals surface area contributed by atoms with Gasteiger partial charge < -0.3 is 9.80 Å². The molecule has 0 spiro atoms. The van der Waals surface area contributed by atoms with Gasteiger partial charge in [-0.2, -0.15) is 0 Å². The van der Waals surface area contributed by atoms with Gasteiger partial charge in [0, 0.05) is 31.7 Å². The van der Waals surface area contributed by atoms with E-state index in [1.165, 1.54) is 15.8 Å². The van der Waals surface area contributed by atoms with Crippen molar-refractivity contribution in [1.29, 1.82) is 0 Å². The molecule has 1 fully saturated rings. The Morgan fingerprint density at radius 1 is 0.963 bits per heavy atom. The van der Waals surface area contributed by atoms with Gasteiger partial charge in [-0.05, 0) is 56.5 Å². The number of fused-ring (bicyclic) bond motifs is 1. The van der Waals surface area contributed by atoms with Gasteiger partial charge in [-0.15, -0.1) is 0 Å². The zero-order valence-corrected chi connectivity index (χ0v) is 17.2. The van der Waals surface area contributed by atoms with E-state index in [0.29, 0.717) is 0 Å². The fourth-order valence-corrected chi connectivity index (χ4v) is 4.66. The molecule has 0 aliphatic carbocycles. The van der Waals surface area contributed by atoms with E-state index in [4.69, 9.17) is 4.98 Å². The molecule has 0 unspecified atom stereocenters. The van der Waals surface area contributed by atoms with Crippen LogP contribution in [0.2, 0.25) is 0 Å². The lowest BCUT2D eigenvalue weighted by molar-refractivity contribution is 0.0746. The van der Waals surface area contributed by atoms with Gasteiger partial charge in [0.25, 0.3) is 5.91 Å². The minimum absolute atomic E-state index is 0.145. The maximum Gasteiger partial charge on any atom is 0.254 e. The fraction of sp³-hybridized carbons (Fsp3) is 0.364. The number of carbonyl (C=O) groups is 1. The molecular formula is C22H25N3OS. The van der Waals surface area contributed by atoms with Gasteiger partial charge in [0.1, 0.15) is 0 Å². The Morgan fingerprint density at radius 2 is 1.67 bits per heavy atom. The van der Waals surface area contributed by atoms with Crippen molar-refractivity contribution >= 4 is 32.6 Å². The largest absolute Gasteiger partial charge is 0.345 e. The summed E-state index contributed by atoms with van der Waals surface area (Å²) in [5.74, 6) is 0.145. The Morgan fingerprint density at radius 3 is 2.41 bits per heavy atom. The normalized spacial score (nSPS) is 14.8. The second kappa shape index (κ2) is 6.97. The first-order valence-corrected chi connectivity index (χ1v) is 10.2. The standard InChI is InChI=1S/C22H25N3OS/c1-14-5-6-16(3)18(13-14)21(26)24-9-11-25(12-10-24)22-23-20-17(4)15(2)7-8-19(20)27-22/h5-8,13H,9-12H2,1-4H3. The van der Waals surface area contributed by atoms with Gasteiger partial charge in [0.2, 0.25) is 0 Å². The zero-order valence-electron chi connectivity index (χ0n) is 16.4. The number of thiazole rings is 1. The van der Waals surface area contributed by atoms with Crippen molar-refractivity contribution in [2.75, 3.05) is 31.1 Å². The number of amides is 1. The number of carbonyl (C=O) groups excluding carboxylic acids is 1. The van der Waals surface area contributed by atoms with E-state index in [2.05, 4.69) is 36.9 Å². The topological polar surface area (TPSA) is 36.4 Å². The van der Waals surface area contributed by atoms with Crippen LogP contribution in [0.3, 0.4) is 0 Å². The van der Waals surface area contributed by atoms with Gasteiger partial charge in [-0.1, -0.05) is 35.1 Å². The van der Waals surface area contributed by atoms with Crippen molar-refractivity contribution in [2.24, 2.45) is 0 Å². The van der Waals surface area contributed by atoms with Crippen LogP contribution in [0.4, 0.5) is 5.13 Å². The predicted octanol–water partition coefficient (Wildman–Crippen LogP) is 4.49. The molecule has 5 heteroatoms. The molecule has 1 amide bonds. The molecule has 4 rings (SSSR count). The van der Waals surface area contributed by atoms with Crippen LogP contribution >= 0.6 is 11.3 Å². The van der Waals surface area contributed by atoms with E-state index in [1.54, 1.807) is 11.3 Å². The third-order valence-electron chi connectivity index (χ3n) is 5.53. The number of aryl methyl sites for hydroxylation is 4. The predicted molar refractivity (Wildman–Crippen MR) is 113 cm³/mol. The van der Waals surface area contributed by atoms with Crippen molar-refractivity contribution in [3.8, 4) is 0 Å². The molecule has 0 N–H and O–H groups in total. The van der Waals surface area contributed by atoms with Crippen LogP contribution in [0.1, 0.15) is 32.6 Å². The van der Waals surface area contributed by atoms with Crippen LogP contribution in [-0.4, -0.2) is 42.0 Å². The van der Waals surface area contributed by atoms with E-state index in [-0.39, 0.29) is 5.91 Å². The summed E-state index contributed by atoms with van der Waals surface area (Å²) in [6, 6.07) is 10.4. The van der Waals surface area contributed by atoms with E-state index in [0.717, 1.165) is 53.5 Å². The molecule has 2 heterocycles. The van der Waals surface area contributed by atoms with E-state index in [9.17, 15) is 4.79 Å². The van der Waals surface area contributed by atoms with Crippen molar-refractivity contribution in [1.82, 2.24) is 9.88 Å². The summed E-state index contributed by atoms with van der Waals surface area (Å²) in [5, 5.41) is 1.07. The Kier molecular flexibility index (Phi) is 4.64. The number of hydrogen-bond acceptors (Lipinski definition) is 4. The highest BCUT2D eigenvalue weighted by molar-refractivity contribution is 7.22. The Balaban J connectivity index is 1.50. The average molecular weight is 380 g/mol. The Labute approximate surface area is 164 Å². The molecular weight excluding hydrogens is 354 g/mol. The average Bonchev–Trinajstić information content (AvgIpc) is 3.11. The minimum Gasteiger partial charge on any atom is -0.345 e. The summed E-state index contributed by atoms with van der Waals surface area (Å²) in [5.41, 5.74) is 6.66. The third kappa shape index (κ3) is 3.32. The molecule has 140 valence electrons. The number of piperazine rings is 1. The maximum atomic E-state index is 12.9. The molecule has 4 nitrogen and oxygen atoms in total. The lowest BCUT2D eigenvalue weighted by Gasteiger charge is -2.34. The SMILES string of the molecule is Cc1ccc(C)c(C(=O)N2CCN(c3nc4c(C)c(C)ccc4s3)CC2)c1. The van der Waals surface area contributed by atoms with Crippen molar-refractivity contribution in [3.63, 3.8) is 0 Å². The number of rotatable bonds is 2. The molecule has 0 radical (unpaired) electrons. The van der Waals surface area contributed by atoms with E-state index in [1.807, 2.05) is 30.9 Å². The number of aromatic nitrogens is 1. The monoisotopic (exact) mass is 379 g/mol. The summed E-state index contributed by atoms with van der Waals surface area (Å²) in [4.78, 5) is 22.1. The smallest absolute Gasteiger partial charge is 0.254 e. The molecule has 1 aliphatic rings. The molecule has 1 saturated heterocycles. The second-order valence-electron chi connectivity index (χ2n) is 7.45. The van der Waals surface area contributed by atoms with Gasteiger partial charge >= 0.3 is 0 Å². The Bertz CT molecular complexity index is 1020. The van der Waals surface area contributed by atoms with Crippen LogP contribution in [-0.2, 0) is 0 Å². The van der Waals surface area contributed by atoms with Gasteiger partial charge in [0.05, 0.1) is 10.2 Å². The second-order valence-corrected chi connectivity index (χ2v) is 8.46. The number of benzene rings is 2. The molecule has 1 aromatic heterocycles. The summed E-state index contributed by atoms with van der Waals surface area (Å²) in [7, 11) is 0. The molecule has 1 aliphatic heterocycles. The molecule has 27 heavy (non-hydrogen) atoms. The summed E-state index contributed by atoms with van der Waals surface area (Å²) >= 11 is 1.75. The maximum absolute atomic E-state index is 12.9. The molecule has 0 atom stereocenters. The van der Waals surface area contributed by atoms with Crippen molar-refractivity contribution in [2.45, 2.75) is 27.7 Å². The zero-order chi connectivity index (χ0) is 19.1. The lowest BCUT2D eigenvalue weighted by atomic mass is 10.0. The highest BCUT2D eigenvalue weighted by Gasteiger charge is 2.25. The summed E-state index contributed by atoms with van der Waals surface area (Å²) < 4.78 is 1.24. The van der Waals surface area contributed by atoms with Crippen molar-refractivity contribution < 1.29 is 4.79 Å². The molecule has 3 aromatic rings. The third-order valence-corrected chi connectivity index (χ3v) is 6.62. The lowest BCUT2D eigenvalue weighted by Crippen LogP contribution is -2.48. The summed E-state index contributed by atoms with van der Waals surface area (Å²) in [6.07, 6.45) is 0. The molecule has 2 aromatic carbocycles. The molecule has 0 bridgehead atoms.